The van der Waals surface area contributed by atoms with Crippen LogP contribution in [0, 0.1) is 13.8 Å². The van der Waals surface area contributed by atoms with E-state index in [0.29, 0.717) is 35.7 Å². The standard InChI is InChI=1S/C23H25N3O4S/c1-14-7-15(2)9-17(8-14)22-24-25-23(30-22)31-13-21(27)26-6-5-16-10-19(28-3)20(29-4)11-18(16)12-26/h7-11H,5-6,12-13H2,1-4H3. The van der Waals surface area contributed by atoms with Crippen LogP contribution in [0.2, 0.25) is 0 Å². The van der Waals surface area contributed by atoms with Gasteiger partial charge in [0.1, 0.15) is 0 Å². The Bertz CT molecular complexity index is 1090. The van der Waals surface area contributed by atoms with Crippen molar-refractivity contribution in [3.8, 4) is 23.0 Å². The number of aryl methyl sites for hydroxylation is 2. The highest BCUT2D eigenvalue weighted by atomic mass is 32.2. The number of nitrogens with zero attached hydrogens (tertiary/aromatic N) is 3. The van der Waals surface area contributed by atoms with E-state index >= 15 is 0 Å². The van der Waals surface area contributed by atoms with Gasteiger partial charge in [0, 0.05) is 18.7 Å². The van der Waals surface area contributed by atoms with Crippen LogP contribution in [0.5, 0.6) is 11.5 Å². The Morgan fingerprint density at radius 2 is 1.71 bits per heavy atom. The molecule has 1 aromatic heterocycles. The number of ether oxygens (including phenoxy) is 2. The fourth-order valence-corrected chi connectivity index (χ4v) is 4.46. The maximum absolute atomic E-state index is 12.8. The molecule has 0 saturated carbocycles. The average molecular weight is 440 g/mol. The maximum atomic E-state index is 12.8. The molecule has 0 spiro atoms. The number of carbonyl (C=O) groups excluding carboxylic acids is 1. The van der Waals surface area contributed by atoms with Crippen molar-refractivity contribution in [3.05, 3.63) is 52.6 Å². The van der Waals surface area contributed by atoms with Crippen molar-refractivity contribution in [2.24, 2.45) is 0 Å². The molecule has 2 aromatic carbocycles. The second kappa shape index (κ2) is 9.01. The molecule has 0 fully saturated rings. The van der Waals surface area contributed by atoms with Gasteiger partial charge in [0.25, 0.3) is 5.22 Å². The van der Waals surface area contributed by atoms with Gasteiger partial charge < -0.3 is 18.8 Å². The van der Waals surface area contributed by atoms with Gasteiger partial charge in [-0.15, -0.1) is 10.2 Å². The first-order chi connectivity index (χ1) is 15.0. The number of hydrogen-bond acceptors (Lipinski definition) is 7. The number of aromatic nitrogens is 2. The molecule has 0 radical (unpaired) electrons. The van der Waals surface area contributed by atoms with E-state index in [2.05, 4.69) is 16.3 Å². The number of benzene rings is 2. The summed E-state index contributed by atoms with van der Waals surface area (Å²) in [4.78, 5) is 14.6. The molecular weight excluding hydrogens is 414 g/mol. The van der Waals surface area contributed by atoms with E-state index in [0.717, 1.165) is 28.7 Å². The number of carbonyl (C=O) groups is 1. The van der Waals surface area contributed by atoms with Gasteiger partial charge in [-0.1, -0.05) is 29.0 Å². The summed E-state index contributed by atoms with van der Waals surface area (Å²) in [5.74, 6) is 2.14. The normalized spacial score (nSPS) is 13.1. The summed E-state index contributed by atoms with van der Waals surface area (Å²) in [7, 11) is 3.24. The Morgan fingerprint density at radius 1 is 1.03 bits per heavy atom. The number of fused-ring (bicyclic) bond motifs is 1. The van der Waals surface area contributed by atoms with Gasteiger partial charge in [-0.25, -0.2) is 0 Å². The van der Waals surface area contributed by atoms with Gasteiger partial charge in [-0.05, 0) is 55.7 Å². The van der Waals surface area contributed by atoms with E-state index < -0.39 is 0 Å². The third-order valence-corrected chi connectivity index (χ3v) is 6.07. The Morgan fingerprint density at radius 3 is 2.39 bits per heavy atom. The zero-order valence-corrected chi connectivity index (χ0v) is 18.9. The van der Waals surface area contributed by atoms with Crippen LogP contribution in [0.15, 0.2) is 40.0 Å². The van der Waals surface area contributed by atoms with E-state index in [1.54, 1.807) is 14.2 Å². The second-order valence-electron chi connectivity index (χ2n) is 7.58. The molecule has 0 bridgehead atoms. The zero-order chi connectivity index (χ0) is 22.0. The molecule has 0 aliphatic carbocycles. The van der Waals surface area contributed by atoms with Crippen molar-refractivity contribution in [3.63, 3.8) is 0 Å². The van der Waals surface area contributed by atoms with Crippen molar-refractivity contribution in [1.82, 2.24) is 15.1 Å². The molecule has 1 aliphatic rings. The van der Waals surface area contributed by atoms with E-state index in [1.807, 2.05) is 43.0 Å². The number of rotatable bonds is 6. The van der Waals surface area contributed by atoms with Crippen LogP contribution in [-0.4, -0.2) is 47.5 Å². The van der Waals surface area contributed by atoms with E-state index in [4.69, 9.17) is 13.9 Å². The van der Waals surface area contributed by atoms with Crippen LogP contribution in [0.25, 0.3) is 11.5 Å². The highest BCUT2D eigenvalue weighted by molar-refractivity contribution is 7.99. The predicted molar refractivity (Wildman–Crippen MR) is 119 cm³/mol. The highest BCUT2D eigenvalue weighted by Crippen LogP contribution is 2.33. The molecule has 0 unspecified atom stereocenters. The lowest BCUT2D eigenvalue weighted by atomic mass is 9.99. The van der Waals surface area contributed by atoms with E-state index in [9.17, 15) is 4.79 Å². The molecule has 0 N–H and O–H groups in total. The number of thioether (sulfide) groups is 1. The minimum atomic E-state index is 0.0385. The summed E-state index contributed by atoms with van der Waals surface area (Å²) in [6.45, 7) is 5.28. The second-order valence-corrected chi connectivity index (χ2v) is 8.51. The first-order valence-electron chi connectivity index (χ1n) is 10.0. The van der Waals surface area contributed by atoms with Gasteiger partial charge in [0.2, 0.25) is 11.8 Å². The van der Waals surface area contributed by atoms with Crippen LogP contribution >= 0.6 is 11.8 Å². The zero-order valence-electron chi connectivity index (χ0n) is 18.1. The van der Waals surface area contributed by atoms with Crippen molar-refractivity contribution in [2.45, 2.75) is 32.0 Å². The molecule has 0 saturated heterocycles. The Hall–Kier alpha value is -3.00. The largest absolute Gasteiger partial charge is 0.493 e. The molecule has 2 heterocycles. The van der Waals surface area contributed by atoms with Crippen LogP contribution in [-0.2, 0) is 17.8 Å². The molecule has 4 rings (SSSR count). The maximum Gasteiger partial charge on any atom is 0.277 e. The predicted octanol–water partition coefficient (Wildman–Crippen LogP) is 4.05. The van der Waals surface area contributed by atoms with E-state index in [1.165, 1.54) is 17.3 Å². The lowest BCUT2D eigenvalue weighted by Gasteiger charge is -2.29. The van der Waals surface area contributed by atoms with Gasteiger partial charge in [-0.2, -0.15) is 0 Å². The van der Waals surface area contributed by atoms with Crippen molar-refractivity contribution in [2.75, 3.05) is 26.5 Å². The monoisotopic (exact) mass is 439 g/mol. The summed E-state index contributed by atoms with van der Waals surface area (Å²) in [6, 6.07) is 10.1. The highest BCUT2D eigenvalue weighted by Gasteiger charge is 2.23. The average Bonchev–Trinajstić information content (AvgIpc) is 3.24. The Kier molecular flexibility index (Phi) is 6.18. The van der Waals surface area contributed by atoms with Crippen LogP contribution in [0.1, 0.15) is 22.3 Å². The molecule has 7 nitrogen and oxygen atoms in total. The van der Waals surface area contributed by atoms with Gasteiger partial charge in [0.05, 0.1) is 20.0 Å². The van der Waals surface area contributed by atoms with Crippen molar-refractivity contribution >= 4 is 17.7 Å². The lowest BCUT2D eigenvalue weighted by Crippen LogP contribution is -2.37. The van der Waals surface area contributed by atoms with Crippen molar-refractivity contribution < 1.29 is 18.7 Å². The smallest absolute Gasteiger partial charge is 0.277 e. The molecule has 31 heavy (non-hydrogen) atoms. The Balaban J connectivity index is 1.39. The molecule has 3 aromatic rings. The number of hydrogen-bond donors (Lipinski definition) is 0. The minimum absolute atomic E-state index is 0.0385. The number of methoxy groups -OCH3 is 2. The first kappa shape index (κ1) is 21.2. The summed E-state index contributed by atoms with van der Waals surface area (Å²) in [5, 5.41) is 8.62. The SMILES string of the molecule is COc1cc2c(cc1OC)CN(C(=O)CSc1nnc(-c3cc(C)cc(C)c3)o1)CC2. The topological polar surface area (TPSA) is 77.7 Å². The van der Waals surface area contributed by atoms with Crippen molar-refractivity contribution in [1.29, 1.82) is 0 Å². The number of amides is 1. The molecule has 1 amide bonds. The fourth-order valence-electron chi connectivity index (χ4n) is 3.79. The summed E-state index contributed by atoms with van der Waals surface area (Å²) in [6.07, 6.45) is 0.781. The first-order valence-corrected chi connectivity index (χ1v) is 11.0. The third kappa shape index (κ3) is 4.69. The summed E-state index contributed by atoms with van der Waals surface area (Å²) in [5.41, 5.74) is 5.43. The molecule has 8 heteroatoms. The van der Waals surface area contributed by atoms with Crippen LogP contribution in [0.3, 0.4) is 0 Å². The van der Waals surface area contributed by atoms with Crippen LogP contribution < -0.4 is 9.47 Å². The van der Waals surface area contributed by atoms with Gasteiger partial charge in [-0.3, -0.25) is 4.79 Å². The van der Waals surface area contributed by atoms with E-state index in [-0.39, 0.29) is 11.7 Å². The Labute approximate surface area is 185 Å². The fraction of sp³-hybridized carbons (Fsp3) is 0.348. The lowest BCUT2D eigenvalue weighted by molar-refractivity contribution is -0.129. The van der Waals surface area contributed by atoms with Gasteiger partial charge in [0.15, 0.2) is 11.5 Å². The minimum Gasteiger partial charge on any atom is -0.493 e. The quantitative estimate of drug-likeness (QED) is 0.536. The molecular formula is C23H25N3O4S. The molecule has 162 valence electrons. The van der Waals surface area contributed by atoms with Crippen LogP contribution in [0.4, 0.5) is 0 Å². The summed E-state index contributed by atoms with van der Waals surface area (Å²) >= 11 is 1.26. The summed E-state index contributed by atoms with van der Waals surface area (Å²) < 4.78 is 16.5. The molecule has 0 atom stereocenters. The third-order valence-electron chi connectivity index (χ3n) is 5.26. The van der Waals surface area contributed by atoms with Gasteiger partial charge >= 0.3 is 0 Å². The molecule has 1 aliphatic heterocycles.